The number of halogens is 1. The van der Waals surface area contributed by atoms with Gasteiger partial charge >= 0.3 is 0 Å². The van der Waals surface area contributed by atoms with E-state index in [-0.39, 0.29) is 6.04 Å². The first-order valence-corrected chi connectivity index (χ1v) is 7.52. The van der Waals surface area contributed by atoms with E-state index in [0.717, 1.165) is 26.9 Å². The summed E-state index contributed by atoms with van der Waals surface area (Å²) in [6.07, 6.45) is 0. The lowest BCUT2D eigenvalue weighted by atomic mass is 10.1. The number of hydrogen-bond donors (Lipinski definition) is 1. The average molecular weight is 301 g/mol. The van der Waals surface area contributed by atoms with Gasteiger partial charge in [0.15, 0.2) is 0 Å². The van der Waals surface area contributed by atoms with Crippen LogP contribution in [0, 0.1) is 0 Å². The topological polar surface area (TPSA) is 38.9 Å². The number of nitrogens with two attached hydrogens (primary N) is 1. The van der Waals surface area contributed by atoms with Crippen molar-refractivity contribution in [1.29, 1.82) is 0 Å². The minimum absolute atomic E-state index is 0.178. The Labute approximate surface area is 126 Å². The third-order valence-electron chi connectivity index (χ3n) is 3.09. The molecule has 3 rings (SSSR count). The Bertz CT molecular complexity index is 692. The lowest BCUT2D eigenvalue weighted by molar-refractivity contribution is 0.859. The summed E-state index contributed by atoms with van der Waals surface area (Å²) >= 11 is 7.48. The summed E-state index contributed by atoms with van der Waals surface area (Å²) in [5.41, 5.74) is 9.32. The fraction of sp³-hybridized carbons (Fsp3) is 0.0625. The molecule has 0 aliphatic carbocycles. The fourth-order valence-corrected chi connectivity index (χ4v) is 2.97. The predicted octanol–water partition coefficient (Wildman–Crippen LogP) is 4.51. The number of rotatable bonds is 3. The normalized spacial score (nSPS) is 12.3. The molecule has 4 heteroatoms. The van der Waals surface area contributed by atoms with Crippen LogP contribution in [-0.4, -0.2) is 4.98 Å². The van der Waals surface area contributed by atoms with Gasteiger partial charge in [0.1, 0.15) is 5.01 Å². The Morgan fingerprint density at radius 1 is 1.00 bits per heavy atom. The second-order valence-corrected chi connectivity index (χ2v) is 5.79. The summed E-state index contributed by atoms with van der Waals surface area (Å²) in [7, 11) is 0. The second kappa shape index (κ2) is 5.75. The summed E-state index contributed by atoms with van der Waals surface area (Å²) in [6, 6.07) is 17.5. The zero-order valence-corrected chi connectivity index (χ0v) is 12.2. The summed E-state index contributed by atoms with van der Waals surface area (Å²) in [6.45, 7) is 0. The van der Waals surface area contributed by atoms with Crippen molar-refractivity contribution in [3.8, 4) is 11.3 Å². The highest BCUT2D eigenvalue weighted by atomic mass is 35.5. The van der Waals surface area contributed by atoms with E-state index in [1.807, 2.05) is 60.0 Å². The molecule has 1 unspecified atom stereocenters. The SMILES string of the molecule is NC(c1ccccc1)c1nc(-c2ccc(Cl)cc2)cs1. The van der Waals surface area contributed by atoms with Gasteiger partial charge in [0.2, 0.25) is 0 Å². The Hall–Kier alpha value is -1.68. The minimum Gasteiger partial charge on any atom is -0.318 e. The molecule has 0 aliphatic heterocycles. The van der Waals surface area contributed by atoms with Crippen LogP contribution in [0.3, 0.4) is 0 Å². The maximum absolute atomic E-state index is 6.26. The molecule has 2 aromatic carbocycles. The number of hydrogen-bond acceptors (Lipinski definition) is 3. The molecule has 0 radical (unpaired) electrons. The van der Waals surface area contributed by atoms with Gasteiger partial charge in [-0.25, -0.2) is 4.98 Å². The molecule has 20 heavy (non-hydrogen) atoms. The molecule has 0 aliphatic rings. The zero-order valence-electron chi connectivity index (χ0n) is 10.7. The predicted molar refractivity (Wildman–Crippen MR) is 85.0 cm³/mol. The van der Waals surface area contributed by atoms with E-state index in [1.54, 1.807) is 11.3 Å². The van der Waals surface area contributed by atoms with Crippen molar-refractivity contribution in [2.24, 2.45) is 5.73 Å². The lowest BCUT2D eigenvalue weighted by Gasteiger charge is -2.08. The van der Waals surface area contributed by atoms with Gasteiger partial charge in [0.05, 0.1) is 11.7 Å². The van der Waals surface area contributed by atoms with Crippen LogP contribution >= 0.6 is 22.9 Å². The summed E-state index contributed by atoms with van der Waals surface area (Å²) < 4.78 is 0. The summed E-state index contributed by atoms with van der Waals surface area (Å²) in [5.74, 6) is 0. The Morgan fingerprint density at radius 3 is 2.40 bits per heavy atom. The van der Waals surface area contributed by atoms with Crippen LogP contribution in [0.4, 0.5) is 0 Å². The van der Waals surface area contributed by atoms with Crippen LogP contribution in [0.15, 0.2) is 60.0 Å². The Kier molecular flexibility index (Phi) is 3.83. The van der Waals surface area contributed by atoms with Crippen LogP contribution in [0.25, 0.3) is 11.3 Å². The molecule has 100 valence electrons. The molecule has 0 spiro atoms. The van der Waals surface area contributed by atoms with Gasteiger partial charge in [0.25, 0.3) is 0 Å². The third kappa shape index (κ3) is 2.75. The van der Waals surface area contributed by atoms with E-state index >= 15 is 0 Å². The van der Waals surface area contributed by atoms with Crippen molar-refractivity contribution in [2.75, 3.05) is 0 Å². The molecule has 0 amide bonds. The van der Waals surface area contributed by atoms with Crippen molar-refractivity contribution < 1.29 is 0 Å². The van der Waals surface area contributed by atoms with E-state index in [0.29, 0.717) is 0 Å². The van der Waals surface area contributed by atoms with Gasteiger partial charge in [-0.15, -0.1) is 11.3 Å². The van der Waals surface area contributed by atoms with Crippen molar-refractivity contribution >= 4 is 22.9 Å². The monoisotopic (exact) mass is 300 g/mol. The molecule has 2 N–H and O–H groups in total. The molecule has 0 saturated heterocycles. The van der Waals surface area contributed by atoms with Crippen molar-refractivity contribution in [3.63, 3.8) is 0 Å². The fourth-order valence-electron chi connectivity index (χ4n) is 1.99. The molecule has 1 aromatic heterocycles. The first-order chi connectivity index (χ1) is 9.74. The number of benzene rings is 2. The molecule has 0 fully saturated rings. The zero-order chi connectivity index (χ0) is 13.9. The third-order valence-corrected chi connectivity index (χ3v) is 4.27. The standard InChI is InChI=1S/C16H13ClN2S/c17-13-8-6-11(7-9-13)14-10-20-16(19-14)15(18)12-4-2-1-3-5-12/h1-10,15H,18H2. The number of thiazole rings is 1. The molecule has 1 atom stereocenters. The van der Waals surface area contributed by atoms with E-state index < -0.39 is 0 Å². The van der Waals surface area contributed by atoms with Crippen LogP contribution in [0.2, 0.25) is 5.02 Å². The second-order valence-electron chi connectivity index (χ2n) is 4.47. The largest absolute Gasteiger partial charge is 0.318 e. The molecule has 0 bridgehead atoms. The molecule has 1 heterocycles. The lowest BCUT2D eigenvalue weighted by Crippen LogP contribution is -2.11. The minimum atomic E-state index is -0.178. The van der Waals surface area contributed by atoms with Gasteiger partial charge in [-0.3, -0.25) is 0 Å². The molecule has 3 aromatic rings. The maximum Gasteiger partial charge on any atom is 0.115 e. The molecule has 2 nitrogen and oxygen atoms in total. The highest BCUT2D eigenvalue weighted by Crippen LogP contribution is 2.28. The first kappa shape index (κ1) is 13.3. The van der Waals surface area contributed by atoms with Crippen molar-refractivity contribution in [1.82, 2.24) is 4.98 Å². The molecule has 0 saturated carbocycles. The van der Waals surface area contributed by atoms with Crippen molar-refractivity contribution in [3.05, 3.63) is 75.6 Å². The van der Waals surface area contributed by atoms with Gasteiger partial charge in [-0.05, 0) is 17.7 Å². The molecular weight excluding hydrogens is 288 g/mol. The first-order valence-electron chi connectivity index (χ1n) is 6.26. The van der Waals surface area contributed by atoms with Crippen LogP contribution in [0.5, 0.6) is 0 Å². The number of nitrogens with zero attached hydrogens (tertiary/aromatic N) is 1. The van der Waals surface area contributed by atoms with Crippen molar-refractivity contribution in [2.45, 2.75) is 6.04 Å². The Balaban J connectivity index is 1.89. The van der Waals surface area contributed by atoms with Gasteiger partial charge in [-0.1, -0.05) is 54.1 Å². The Morgan fingerprint density at radius 2 is 1.70 bits per heavy atom. The highest BCUT2D eigenvalue weighted by Gasteiger charge is 2.13. The quantitative estimate of drug-likeness (QED) is 0.773. The molecular formula is C16H13ClN2S. The highest BCUT2D eigenvalue weighted by molar-refractivity contribution is 7.10. The smallest absolute Gasteiger partial charge is 0.115 e. The summed E-state index contributed by atoms with van der Waals surface area (Å²) in [4.78, 5) is 4.64. The van der Waals surface area contributed by atoms with Crippen LogP contribution in [-0.2, 0) is 0 Å². The summed E-state index contributed by atoms with van der Waals surface area (Å²) in [5, 5.41) is 3.67. The van der Waals surface area contributed by atoms with E-state index in [9.17, 15) is 0 Å². The van der Waals surface area contributed by atoms with Gasteiger partial charge in [-0.2, -0.15) is 0 Å². The van der Waals surface area contributed by atoms with E-state index in [1.165, 1.54) is 0 Å². The van der Waals surface area contributed by atoms with E-state index in [2.05, 4.69) is 4.98 Å². The maximum atomic E-state index is 6.26. The van der Waals surface area contributed by atoms with Crippen LogP contribution in [0.1, 0.15) is 16.6 Å². The number of aromatic nitrogens is 1. The van der Waals surface area contributed by atoms with E-state index in [4.69, 9.17) is 17.3 Å². The van der Waals surface area contributed by atoms with Gasteiger partial charge < -0.3 is 5.73 Å². The van der Waals surface area contributed by atoms with Crippen LogP contribution < -0.4 is 5.73 Å². The van der Waals surface area contributed by atoms with Gasteiger partial charge in [0, 0.05) is 16.0 Å². The average Bonchev–Trinajstić information content (AvgIpc) is 2.98.